The third-order valence-corrected chi connectivity index (χ3v) is 3.61. The third-order valence-electron chi connectivity index (χ3n) is 3.19. The van der Waals surface area contributed by atoms with Crippen molar-refractivity contribution in [3.05, 3.63) is 28.8 Å². The molecular weight excluding hydrogens is 282 g/mol. The summed E-state index contributed by atoms with van der Waals surface area (Å²) in [5.74, 6) is 0.139. The van der Waals surface area contributed by atoms with Gasteiger partial charge in [-0.3, -0.25) is 4.79 Å². The average Bonchev–Trinajstić information content (AvgIpc) is 2.46. The van der Waals surface area contributed by atoms with Gasteiger partial charge in [-0.1, -0.05) is 18.5 Å². The van der Waals surface area contributed by atoms with Crippen LogP contribution in [0.2, 0.25) is 5.02 Å². The highest BCUT2D eigenvalue weighted by molar-refractivity contribution is 6.31. The third kappa shape index (κ3) is 4.37. The monoisotopic (exact) mass is 301 g/mol. The number of rotatable bonds is 7. The van der Waals surface area contributed by atoms with Crippen LogP contribution in [0.5, 0.6) is 5.75 Å². The van der Waals surface area contributed by atoms with Crippen LogP contribution < -0.4 is 10.1 Å². The van der Waals surface area contributed by atoms with E-state index in [9.17, 15) is 15.0 Å². The molecule has 20 heavy (non-hydrogen) atoms. The molecule has 0 bridgehead atoms. The van der Waals surface area contributed by atoms with Crippen molar-refractivity contribution in [2.45, 2.75) is 25.8 Å². The van der Waals surface area contributed by atoms with Gasteiger partial charge in [0.15, 0.2) is 6.61 Å². The summed E-state index contributed by atoms with van der Waals surface area (Å²) in [5.41, 5.74) is -0.144. The van der Waals surface area contributed by atoms with E-state index in [2.05, 4.69) is 5.32 Å². The molecule has 0 aliphatic heterocycles. The van der Waals surface area contributed by atoms with Crippen molar-refractivity contribution in [2.24, 2.45) is 0 Å². The number of carbonyl (C=O) groups excluding carboxylic acids is 1. The Labute approximate surface area is 123 Å². The first kappa shape index (κ1) is 16.8. The van der Waals surface area contributed by atoms with Crippen LogP contribution in [0.25, 0.3) is 0 Å². The van der Waals surface area contributed by atoms with Crippen molar-refractivity contribution in [1.29, 1.82) is 0 Å². The zero-order valence-corrected chi connectivity index (χ0v) is 12.4. The molecule has 6 heteroatoms. The molecule has 1 amide bonds. The van der Waals surface area contributed by atoms with Gasteiger partial charge in [0.05, 0.1) is 18.8 Å². The Balaban J connectivity index is 2.56. The summed E-state index contributed by atoms with van der Waals surface area (Å²) in [4.78, 5) is 11.8. The molecule has 1 aromatic rings. The summed E-state index contributed by atoms with van der Waals surface area (Å²) >= 11 is 5.90. The molecule has 3 N–H and O–H groups in total. The van der Waals surface area contributed by atoms with Crippen molar-refractivity contribution < 1.29 is 19.7 Å². The van der Waals surface area contributed by atoms with Crippen LogP contribution in [0.1, 0.15) is 18.9 Å². The van der Waals surface area contributed by atoms with Crippen molar-refractivity contribution in [3.8, 4) is 5.75 Å². The van der Waals surface area contributed by atoms with Gasteiger partial charge in [0.2, 0.25) is 0 Å². The van der Waals surface area contributed by atoms with Gasteiger partial charge in [-0.05, 0) is 37.1 Å². The Bertz CT molecular complexity index is 452. The number of hydrogen-bond acceptors (Lipinski definition) is 4. The van der Waals surface area contributed by atoms with Gasteiger partial charge >= 0.3 is 0 Å². The van der Waals surface area contributed by atoms with E-state index in [1.807, 2.05) is 6.92 Å². The number of aliphatic hydroxyl groups is 2. The second-order valence-electron chi connectivity index (χ2n) is 4.70. The van der Waals surface area contributed by atoms with Crippen LogP contribution in [0.15, 0.2) is 18.2 Å². The second-order valence-corrected chi connectivity index (χ2v) is 5.11. The van der Waals surface area contributed by atoms with E-state index >= 15 is 0 Å². The van der Waals surface area contributed by atoms with Gasteiger partial charge in [-0.25, -0.2) is 0 Å². The van der Waals surface area contributed by atoms with Gasteiger partial charge < -0.3 is 20.3 Å². The number of amides is 1. The van der Waals surface area contributed by atoms with Crippen molar-refractivity contribution >= 4 is 17.5 Å². The molecule has 0 aliphatic rings. The average molecular weight is 302 g/mol. The van der Waals surface area contributed by atoms with E-state index in [4.69, 9.17) is 16.3 Å². The van der Waals surface area contributed by atoms with Crippen LogP contribution in [0.4, 0.5) is 0 Å². The normalized spacial score (nSPS) is 11.2. The molecule has 0 fully saturated rings. The molecule has 0 aliphatic carbocycles. The largest absolute Gasteiger partial charge is 0.484 e. The maximum atomic E-state index is 11.8. The quantitative estimate of drug-likeness (QED) is 0.709. The van der Waals surface area contributed by atoms with E-state index in [0.29, 0.717) is 17.2 Å². The van der Waals surface area contributed by atoms with Crippen LogP contribution >= 0.6 is 11.6 Å². The number of hydrogen-bond donors (Lipinski definition) is 3. The molecule has 0 aromatic heterocycles. The van der Waals surface area contributed by atoms with Crippen molar-refractivity contribution in [3.63, 3.8) is 0 Å². The molecule has 0 saturated carbocycles. The van der Waals surface area contributed by atoms with Crippen molar-refractivity contribution in [1.82, 2.24) is 5.32 Å². The lowest BCUT2D eigenvalue weighted by atomic mass is 9.98. The number of halogens is 1. The topological polar surface area (TPSA) is 78.8 Å². The number of carbonyl (C=O) groups is 1. The standard InChI is InChI=1S/C14H20ClNO4/c1-3-14(8-17,9-18)16-13(19)7-20-11-4-5-12(15)10(2)6-11/h4-6,17-18H,3,7-9H2,1-2H3,(H,16,19). The van der Waals surface area contributed by atoms with Crippen molar-refractivity contribution in [2.75, 3.05) is 19.8 Å². The fourth-order valence-corrected chi connectivity index (χ4v) is 1.75. The Morgan fingerprint density at radius 2 is 2.05 bits per heavy atom. The predicted octanol–water partition coefficient (Wildman–Crippen LogP) is 1.28. The highest BCUT2D eigenvalue weighted by atomic mass is 35.5. The van der Waals surface area contributed by atoms with E-state index < -0.39 is 11.4 Å². The molecule has 0 saturated heterocycles. The Hall–Kier alpha value is -1.30. The van der Waals surface area contributed by atoms with Crippen LogP contribution in [0.3, 0.4) is 0 Å². The molecule has 0 heterocycles. The number of aliphatic hydroxyl groups excluding tert-OH is 2. The molecular formula is C14H20ClNO4. The summed E-state index contributed by atoms with van der Waals surface area (Å²) in [7, 11) is 0. The van der Waals surface area contributed by atoms with E-state index in [-0.39, 0.29) is 19.8 Å². The number of aryl methyl sites for hydroxylation is 1. The van der Waals surface area contributed by atoms with Gasteiger partial charge in [-0.15, -0.1) is 0 Å². The van der Waals surface area contributed by atoms with Gasteiger partial charge in [0.1, 0.15) is 5.75 Å². The van der Waals surface area contributed by atoms with Gasteiger partial charge in [-0.2, -0.15) is 0 Å². The summed E-state index contributed by atoms with van der Waals surface area (Å²) in [6.07, 6.45) is 0.422. The van der Waals surface area contributed by atoms with Gasteiger partial charge in [0, 0.05) is 5.02 Å². The van der Waals surface area contributed by atoms with Crippen LogP contribution in [-0.2, 0) is 4.79 Å². The molecule has 5 nitrogen and oxygen atoms in total. The van der Waals surface area contributed by atoms with Crippen LogP contribution in [-0.4, -0.2) is 41.5 Å². The number of nitrogens with one attached hydrogen (secondary N) is 1. The maximum Gasteiger partial charge on any atom is 0.258 e. The molecule has 0 spiro atoms. The first-order valence-corrected chi connectivity index (χ1v) is 6.76. The first-order chi connectivity index (χ1) is 9.46. The molecule has 1 rings (SSSR count). The smallest absolute Gasteiger partial charge is 0.258 e. The Morgan fingerprint density at radius 1 is 1.40 bits per heavy atom. The second kappa shape index (κ2) is 7.47. The maximum absolute atomic E-state index is 11.8. The fraction of sp³-hybridized carbons (Fsp3) is 0.500. The predicted molar refractivity (Wildman–Crippen MR) is 77.0 cm³/mol. The zero-order valence-electron chi connectivity index (χ0n) is 11.6. The lowest BCUT2D eigenvalue weighted by Crippen LogP contribution is -2.54. The Kier molecular flexibility index (Phi) is 6.26. The first-order valence-electron chi connectivity index (χ1n) is 6.38. The minimum absolute atomic E-state index is 0.192. The van der Waals surface area contributed by atoms with E-state index in [1.165, 1.54) is 0 Å². The lowest BCUT2D eigenvalue weighted by molar-refractivity contribution is -0.126. The van der Waals surface area contributed by atoms with E-state index in [0.717, 1.165) is 5.56 Å². The number of benzene rings is 1. The van der Waals surface area contributed by atoms with E-state index in [1.54, 1.807) is 25.1 Å². The number of ether oxygens (including phenoxy) is 1. The highest BCUT2D eigenvalue weighted by Gasteiger charge is 2.28. The summed E-state index contributed by atoms with van der Waals surface area (Å²) < 4.78 is 5.35. The van der Waals surface area contributed by atoms with Gasteiger partial charge in [0.25, 0.3) is 5.91 Å². The summed E-state index contributed by atoms with van der Waals surface area (Å²) in [6, 6.07) is 5.11. The van der Waals surface area contributed by atoms with Crippen LogP contribution in [0, 0.1) is 6.92 Å². The molecule has 112 valence electrons. The fourth-order valence-electron chi connectivity index (χ4n) is 1.63. The molecule has 0 unspecified atom stereocenters. The molecule has 1 aromatic carbocycles. The summed E-state index contributed by atoms with van der Waals surface area (Å²) in [6.45, 7) is 2.77. The lowest BCUT2D eigenvalue weighted by Gasteiger charge is -2.29. The summed E-state index contributed by atoms with van der Waals surface area (Å²) in [5, 5.41) is 21.7. The molecule has 0 radical (unpaired) electrons. The minimum Gasteiger partial charge on any atom is -0.484 e. The highest BCUT2D eigenvalue weighted by Crippen LogP contribution is 2.21. The molecule has 0 atom stereocenters. The minimum atomic E-state index is -1.00. The zero-order chi connectivity index (χ0) is 15.2. The SMILES string of the molecule is CCC(CO)(CO)NC(=O)COc1ccc(Cl)c(C)c1. The Morgan fingerprint density at radius 3 is 2.55 bits per heavy atom.